The van der Waals surface area contributed by atoms with Crippen LogP contribution in [0.3, 0.4) is 0 Å². The second-order valence-corrected chi connectivity index (χ2v) is 33.4. The van der Waals surface area contributed by atoms with Crippen LogP contribution >= 0.6 is 0 Å². The van der Waals surface area contributed by atoms with Crippen LogP contribution in [0.2, 0.25) is 0 Å². The third kappa shape index (κ3) is 22.0. The third-order valence-corrected chi connectivity index (χ3v) is 18.7. The summed E-state index contributed by atoms with van der Waals surface area (Å²) in [5, 5.41) is 0. The molecule has 0 aliphatic carbocycles. The van der Waals surface area contributed by atoms with Gasteiger partial charge in [0.25, 0.3) is 0 Å². The number of hydrogen-bond acceptors (Lipinski definition) is 0. The van der Waals surface area contributed by atoms with E-state index in [9.17, 15) is 0 Å². The van der Waals surface area contributed by atoms with E-state index in [1.165, 1.54) is 0 Å². The van der Waals surface area contributed by atoms with Crippen molar-refractivity contribution in [3.8, 4) is 89.5 Å². The molecule has 560 valence electrons. The molecule has 8 aromatic carbocycles. The first-order valence-electron chi connectivity index (χ1n) is 47.4. The van der Waals surface area contributed by atoms with Gasteiger partial charge in [-0.2, -0.15) is 0 Å². The maximum absolute atomic E-state index is 9.16. The molecule has 0 saturated carbocycles. The summed E-state index contributed by atoms with van der Waals surface area (Å²) < 4.78 is 176. The fourth-order valence-corrected chi connectivity index (χ4v) is 13.3. The van der Waals surface area contributed by atoms with Crippen molar-refractivity contribution in [3.63, 3.8) is 0 Å². The predicted octanol–water partition coefficient (Wildman–Crippen LogP) is 25.4. The van der Waals surface area contributed by atoms with E-state index < -0.39 is 74.6 Å². The van der Waals surface area contributed by atoms with Crippen molar-refractivity contribution in [2.45, 2.75) is 191 Å². The van der Waals surface area contributed by atoms with Crippen LogP contribution in [0.5, 0.6) is 0 Å². The Morgan fingerprint density at radius 1 is 0.259 bits per heavy atom. The number of pyridine rings is 4. The van der Waals surface area contributed by atoms with Gasteiger partial charge in [-0.1, -0.05) is 227 Å². The van der Waals surface area contributed by atoms with Crippen LogP contribution in [0.1, 0.15) is 200 Å². The summed E-state index contributed by atoms with van der Waals surface area (Å²) in [5.74, 6) is 0. The zero-order valence-corrected chi connectivity index (χ0v) is 68.6. The first kappa shape index (κ1) is 58.4. The van der Waals surface area contributed by atoms with Crippen molar-refractivity contribution >= 4 is 0 Å². The predicted molar refractivity (Wildman–Crippen MR) is 463 cm³/mol. The van der Waals surface area contributed by atoms with Crippen molar-refractivity contribution in [2.24, 2.45) is 49.9 Å². The van der Waals surface area contributed by atoms with Gasteiger partial charge >= 0.3 is 0 Å². The van der Waals surface area contributed by atoms with Crippen LogP contribution < -0.4 is 18.3 Å². The molecule has 12 aromatic rings. The minimum Gasteiger partial charge on any atom is -0.201 e. The molecule has 0 radical (unpaired) electrons. The minimum atomic E-state index is -2.31. The second kappa shape index (κ2) is 34.3. The molecule has 0 fully saturated rings. The quantitative estimate of drug-likeness (QED) is 0.108. The summed E-state index contributed by atoms with van der Waals surface area (Å²) in [6, 6.07) is 61.6. The second-order valence-electron chi connectivity index (χ2n) is 33.4. The molecule has 0 unspecified atom stereocenters. The fourth-order valence-electron chi connectivity index (χ4n) is 13.3. The zero-order chi connectivity index (χ0) is 96.2. The molecule has 108 heavy (non-hydrogen) atoms. The number of aryl methyl sites for hydroxylation is 16. The maximum atomic E-state index is 9.16. The summed E-state index contributed by atoms with van der Waals surface area (Å²) in [6.07, 6.45) is 0.736. The summed E-state index contributed by atoms with van der Waals surface area (Å²) >= 11 is 0. The largest absolute Gasteiger partial charge is 0.212 e. The van der Waals surface area contributed by atoms with Crippen LogP contribution in [0.15, 0.2) is 219 Å². The molecular weight excluding hydrogens is 1310 g/mol. The molecule has 4 heteroatoms. The fraction of sp³-hybridized carbons (Fsp3) is 0.346. The van der Waals surface area contributed by atoms with Gasteiger partial charge in [0.05, 0.1) is 0 Å². The van der Waals surface area contributed by atoms with Gasteiger partial charge in [-0.15, -0.1) is 0 Å². The highest BCUT2D eigenvalue weighted by Gasteiger charge is 2.27. The van der Waals surface area contributed by atoms with Gasteiger partial charge in [0, 0.05) is 97.2 Å². The van der Waals surface area contributed by atoms with Crippen molar-refractivity contribution in [1.82, 2.24) is 0 Å². The van der Waals surface area contributed by atoms with Crippen molar-refractivity contribution < 1.29 is 45.7 Å². The summed E-state index contributed by atoms with van der Waals surface area (Å²) in [5.41, 5.74) is 21.7. The molecule has 0 aliphatic heterocycles. The van der Waals surface area contributed by atoms with Gasteiger partial charge in [0.2, 0.25) is 22.8 Å². The van der Waals surface area contributed by atoms with E-state index in [1.54, 1.807) is 30.5 Å². The number of rotatable bonds is 12. The van der Waals surface area contributed by atoms with Crippen LogP contribution in [-0.2, 0) is 53.7 Å². The van der Waals surface area contributed by atoms with Crippen LogP contribution in [0, 0.1) is 104 Å². The van der Waals surface area contributed by atoms with Crippen molar-refractivity contribution in [2.75, 3.05) is 0 Å². The standard InChI is InChI=1S/C31H42N.2C26H32N.C21H22N/c1-21-11-13-24(14-12-21)27-17-28(23(3)15-22(27)2)29-16-25(18-30(4,5)6)26(20-32(29)10)19-31(7,8)9;1-18-8-11-22(12-9-18)23-15-24(20(3)14-19(23)2)25-13-10-21(17-27(25)7)16-26(4,5)6;1-18-8-10-22(11-9-18)23-16-24(20(3)14-19(23)2)25-15-21(12-13-27(25)7)17-26(4,5)6;1-15-8-10-18(11-9-15)19-14-20(17(3)13-16(19)2)21-7-5-6-12-22(21)4/h11-17,20H,18-19H2,1-10H3;8-15,17H,16H2,1-7H3;8-16H,17H2,1-7H3;5-14H,1-4H3/q4*+1/i2D3,18D2,19D2;2D3,16D2;2D3,17D2;2D3. The molecule has 0 spiro atoms. The van der Waals surface area contributed by atoms with Gasteiger partial charge in [-0.3, -0.25) is 0 Å². The topological polar surface area (TPSA) is 15.5 Å². The highest BCUT2D eigenvalue weighted by atomic mass is 14.9. The molecule has 4 nitrogen and oxygen atoms in total. The highest BCUT2D eigenvalue weighted by Crippen LogP contribution is 2.38. The highest BCUT2D eigenvalue weighted by molar-refractivity contribution is 5.80. The summed E-state index contributed by atoms with van der Waals surface area (Å²) in [7, 11) is 7.66. The molecule has 0 aliphatic rings. The molecular formula is C104H128N4+4. The normalized spacial score (nSPS) is 15.4. The van der Waals surface area contributed by atoms with Gasteiger partial charge in [-0.25, -0.2) is 18.3 Å². The van der Waals surface area contributed by atoms with E-state index in [2.05, 4.69) is 10.6 Å². The zero-order valence-electron chi connectivity index (χ0n) is 88.6. The van der Waals surface area contributed by atoms with Crippen molar-refractivity contribution in [3.05, 3.63) is 308 Å². The Hall–Kier alpha value is -9.64. The Kier molecular flexibility index (Phi) is 18.5. The SMILES string of the molecule is [2H]C([2H])([2H])c1cc(C)c(-c2cc(C([2H])([2H])C(C)(C)C)c(C([2H])([2H])C(C)(C)C)c[n+]2C)cc1-c1ccc(C)cc1.[2H]C([2H])([2H])c1cc(C)c(-c2cc(C([2H])([2H])C(C)(C)C)cc[n+]2C)cc1-c1ccc(C)cc1.[2H]C([2H])([2H])c1cc(C)c(-c2ccc(C([2H])([2H])C(C)(C)C)c[n+]2C)cc1-c1ccc(C)cc1.[2H]C([2H])([2H])c1cc(C)c(-c2cccc[n+]2C)cc1-c1ccc(C)cc1. The molecule has 0 amide bonds. The van der Waals surface area contributed by atoms with E-state index in [-0.39, 0.29) is 5.56 Å². The lowest BCUT2D eigenvalue weighted by Gasteiger charge is -2.24. The van der Waals surface area contributed by atoms with Gasteiger partial charge in [-0.05, 0) is 266 Å². The smallest absolute Gasteiger partial charge is 0.201 e. The Labute approximate surface area is 681 Å². The lowest BCUT2D eigenvalue weighted by molar-refractivity contribution is -0.661. The van der Waals surface area contributed by atoms with Gasteiger partial charge in [0.15, 0.2) is 24.8 Å². The van der Waals surface area contributed by atoms with E-state index in [4.69, 9.17) is 27.4 Å². The summed E-state index contributed by atoms with van der Waals surface area (Å²) in [4.78, 5) is 0. The van der Waals surface area contributed by atoms with Gasteiger partial charge < -0.3 is 0 Å². The Bertz CT molecular complexity index is 6020. The molecule has 0 saturated heterocycles. The molecule has 4 aromatic heterocycles. The Balaban J connectivity index is 0.000000195. The third-order valence-electron chi connectivity index (χ3n) is 18.7. The van der Waals surface area contributed by atoms with E-state index in [0.717, 1.165) is 112 Å². The van der Waals surface area contributed by atoms with Crippen LogP contribution in [0.25, 0.3) is 89.5 Å². The monoisotopic (exact) mass is 1450 g/mol. The molecule has 0 N–H and O–H groups in total. The number of hydrogen-bond donors (Lipinski definition) is 0. The minimum absolute atomic E-state index is 0.265. The first-order valence-corrected chi connectivity index (χ1v) is 37.4. The summed E-state index contributed by atoms with van der Waals surface area (Å²) in [6.45, 7) is 29.1. The van der Waals surface area contributed by atoms with E-state index in [0.29, 0.717) is 61.3 Å². The van der Waals surface area contributed by atoms with Gasteiger partial charge in [0.1, 0.15) is 28.2 Å². The Morgan fingerprint density at radius 3 is 0.917 bits per heavy atom. The average Bonchev–Trinajstić information content (AvgIpc) is 0.729. The average molecular weight is 1450 g/mol. The lowest BCUT2D eigenvalue weighted by atomic mass is 9.81. The van der Waals surface area contributed by atoms with Crippen molar-refractivity contribution in [1.29, 1.82) is 0 Å². The molecule has 4 heterocycles. The maximum Gasteiger partial charge on any atom is 0.212 e. The Morgan fingerprint density at radius 2 is 0.574 bits per heavy atom. The lowest BCUT2D eigenvalue weighted by Crippen LogP contribution is -2.33. The molecule has 0 bridgehead atoms. The van der Waals surface area contributed by atoms with E-state index >= 15 is 0 Å². The number of benzene rings is 8. The van der Waals surface area contributed by atoms with E-state index in [1.807, 2.05) is 363 Å². The molecule has 12 rings (SSSR count). The van der Waals surface area contributed by atoms with Crippen LogP contribution in [-0.4, -0.2) is 0 Å². The van der Waals surface area contributed by atoms with Crippen LogP contribution in [0.4, 0.5) is 0 Å². The number of nitrogens with zero attached hydrogens (tertiary/aromatic N) is 4. The number of aromatic nitrogens is 4. The molecule has 0 atom stereocenters. The first-order chi connectivity index (χ1) is 58.5.